The second-order valence-corrected chi connectivity index (χ2v) is 8.60. The second-order valence-electron chi connectivity index (χ2n) is 6.83. The highest BCUT2D eigenvalue weighted by molar-refractivity contribution is 9.11. The number of benzene rings is 3. The number of rotatable bonds is 8. The molecule has 3 rings (SSSR count). The molecular weight excluding hydrogens is 588 g/mol. The van der Waals surface area contributed by atoms with Crippen LogP contribution in [0.2, 0.25) is 0 Å². The Hall–Kier alpha value is -3.57. The van der Waals surface area contributed by atoms with E-state index in [2.05, 4.69) is 42.4 Å². The van der Waals surface area contributed by atoms with Gasteiger partial charge in [0.1, 0.15) is 5.75 Å². The van der Waals surface area contributed by atoms with Gasteiger partial charge < -0.3 is 24.1 Å². The quantitative estimate of drug-likeness (QED) is 0.161. The lowest BCUT2D eigenvalue weighted by Crippen LogP contribution is -2.18. The molecule has 0 aromatic heterocycles. The molecule has 0 spiro atoms. The first kappa shape index (κ1) is 26.0. The Morgan fingerprint density at radius 2 is 1.60 bits per heavy atom. The summed E-state index contributed by atoms with van der Waals surface area (Å²) < 4.78 is 22.7. The van der Waals surface area contributed by atoms with E-state index in [9.17, 15) is 14.7 Å². The van der Waals surface area contributed by atoms with E-state index >= 15 is 0 Å². The van der Waals surface area contributed by atoms with E-state index in [4.69, 9.17) is 18.9 Å². The summed E-state index contributed by atoms with van der Waals surface area (Å²) >= 11 is 6.77. The maximum atomic E-state index is 13.0. The molecule has 3 aromatic rings. The molecule has 0 aliphatic carbocycles. The third-order valence-corrected chi connectivity index (χ3v) is 5.70. The molecule has 0 atom stereocenters. The zero-order valence-electron chi connectivity index (χ0n) is 18.8. The average Bonchev–Trinajstić information content (AvgIpc) is 2.84. The van der Waals surface area contributed by atoms with Gasteiger partial charge in [-0.2, -0.15) is 5.10 Å². The molecule has 2 N–H and O–H groups in total. The number of para-hydroxylation sites is 1. The smallest absolute Gasteiger partial charge is 0.343 e. The fourth-order valence-corrected chi connectivity index (χ4v) is 4.36. The van der Waals surface area contributed by atoms with Crippen molar-refractivity contribution < 1.29 is 33.6 Å². The van der Waals surface area contributed by atoms with E-state index in [0.29, 0.717) is 31.8 Å². The van der Waals surface area contributed by atoms with Crippen molar-refractivity contribution in [1.29, 1.82) is 0 Å². The van der Waals surface area contributed by atoms with Crippen molar-refractivity contribution in [3.8, 4) is 28.7 Å². The van der Waals surface area contributed by atoms with Gasteiger partial charge in [-0.15, -0.1) is 0 Å². The van der Waals surface area contributed by atoms with Crippen molar-refractivity contribution in [2.75, 3.05) is 21.3 Å². The highest BCUT2D eigenvalue weighted by Crippen LogP contribution is 2.39. The SMILES string of the molecule is COc1cc(C(=O)Oc2c(Br)cc(Br)cc2C=NNC(=O)c2ccccc2O)cc(OC)c1OC. The van der Waals surface area contributed by atoms with Crippen LogP contribution in [-0.2, 0) is 0 Å². The standard InChI is InChI=1S/C24H20Br2N2O7/c1-32-19-9-13(10-20(33-2)22(19)34-3)24(31)35-21-14(8-15(25)11-17(21)26)12-27-28-23(30)16-6-4-5-7-18(16)29/h4-12,29H,1-3H3,(H,28,30). The summed E-state index contributed by atoms with van der Waals surface area (Å²) in [5.41, 5.74) is 2.94. The molecule has 0 aliphatic rings. The number of methoxy groups -OCH3 is 3. The van der Waals surface area contributed by atoms with E-state index in [1.165, 1.54) is 51.8 Å². The normalized spacial score (nSPS) is 10.7. The van der Waals surface area contributed by atoms with E-state index < -0.39 is 11.9 Å². The molecule has 0 saturated carbocycles. The number of hydrazone groups is 1. The minimum Gasteiger partial charge on any atom is -0.507 e. The van der Waals surface area contributed by atoms with Crippen molar-refractivity contribution in [1.82, 2.24) is 5.43 Å². The Morgan fingerprint density at radius 1 is 0.943 bits per heavy atom. The van der Waals surface area contributed by atoms with Crippen LogP contribution >= 0.6 is 31.9 Å². The lowest BCUT2D eigenvalue weighted by molar-refractivity contribution is 0.0732. The van der Waals surface area contributed by atoms with Crippen molar-refractivity contribution >= 4 is 50.0 Å². The van der Waals surface area contributed by atoms with Crippen molar-refractivity contribution in [2.45, 2.75) is 0 Å². The Morgan fingerprint density at radius 3 is 2.20 bits per heavy atom. The minimum absolute atomic E-state index is 0.0640. The van der Waals surface area contributed by atoms with Gasteiger partial charge >= 0.3 is 5.97 Å². The number of amides is 1. The van der Waals surface area contributed by atoms with Crippen molar-refractivity contribution in [3.05, 3.63) is 74.2 Å². The molecule has 0 bridgehead atoms. The number of nitrogens with one attached hydrogen (secondary N) is 1. The molecule has 9 nitrogen and oxygen atoms in total. The van der Waals surface area contributed by atoms with E-state index in [-0.39, 0.29) is 22.6 Å². The fourth-order valence-electron chi connectivity index (χ4n) is 3.02. The Bertz CT molecular complexity index is 1270. The number of esters is 1. The Balaban J connectivity index is 1.88. The average molecular weight is 608 g/mol. The number of hydrogen-bond acceptors (Lipinski definition) is 8. The first-order valence-electron chi connectivity index (χ1n) is 9.91. The summed E-state index contributed by atoms with van der Waals surface area (Å²) in [6.07, 6.45) is 1.31. The summed E-state index contributed by atoms with van der Waals surface area (Å²) in [5, 5.41) is 13.8. The van der Waals surface area contributed by atoms with Gasteiger partial charge in [0.2, 0.25) is 5.75 Å². The highest BCUT2D eigenvalue weighted by Gasteiger charge is 2.20. The Kier molecular flexibility index (Phi) is 8.72. The van der Waals surface area contributed by atoms with Crippen molar-refractivity contribution in [3.63, 3.8) is 0 Å². The van der Waals surface area contributed by atoms with Crippen LogP contribution in [0.1, 0.15) is 26.3 Å². The first-order valence-corrected chi connectivity index (χ1v) is 11.5. The number of halogens is 2. The van der Waals surface area contributed by atoms with Crippen LogP contribution in [0, 0.1) is 0 Å². The number of phenols is 1. The highest BCUT2D eigenvalue weighted by atomic mass is 79.9. The predicted molar refractivity (Wildman–Crippen MR) is 136 cm³/mol. The number of nitrogens with zero attached hydrogens (tertiary/aromatic N) is 1. The van der Waals surface area contributed by atoms with Crippen LogP contribution in [-0.4, -0.2) is 44.5 Å². The molecular formula is C24H20Br2N2O7. The lowest BCUT2D eigenvalue weighted by Gasteiger charge is -2.15. The van der Waals surface area contributed by atoms with E-state index in [1.54, 1.807) is 24.3 Å². The molecule has 35 heavy (non-hydrogen) atoms. The fraction of sp³-hybridized carbons (Fsp3) is 0.125. The molecule has 11 heteroatoms. The van der Waals surface area contributed by atoms with Crippen LogP contribution in [0.15, 0.2) is 62.6 Å². The van der Waals surface area contributed by atoms with Crippen LogP contribution in [0.5, 0.6) is 28.7 Å². The van der Waals surface area contributed by atoms with Gasteiger partial charge in [0.15, 0.2) is 17.2 Å². The van der Waals surface area contributed by atoms with Gasteiger partial charge in [-0.3, -0.25) is 4.79 Å². The zero-order chi connectivity index (χ0) is 25.5. The summed E-state index contributed by atoms with van der Waals surface area (Å²) in [7, 11) is 4.34. The van der Waals surface area contributed by atoms with Crippen LogP contribution in [0.4, 0.5) is 0 Å². The first-order chi connectivity index (χ1) is 16.8. The maximum absolute atomic E-state index is 13.0. The third-order valence-electron chi connectivity index (χ3n) is 4.65. The van der Waals surface area contributed by atoms with Gasteiger partial charge in [0, 0.05) is 10.0 Å². The number of ether oxygens (including phenoxy) is 4. The molecule has 3 aromatic carbocycles. The maximum Gasteiger partial charge on any atom is 0.343 e. The topological polar surface area (TPSA) is 116 Å². The molecule has 0 aliphatic heterocycles. The van der Waals surface area contributed by atoms with E-state index in [0.717, 1.165) is 0 Å². The van der Waals surface area contributed by atoms with Crippen LogP contribution < -0.4 is 24.4 Å². The molecule has 0 heterocycles. The summed E-state index contributed by atoms with van der Waals surface area (Å²) in [4.78, 5) is 25.3. The molecule has 0 saturated heterocycles. The number of aromatic hydroxyl groups is 1. The molecule has 0 radical (unpaired) electrons. The van der Waals surface area contributed by atoms with Crippen molar-refractivity contribution in [2.24, 2.45) is 5.10 Å². The lowest BCUT2D eigenvalue weighted by atomic mass is 10.1. The number of carbonyl (C=O) groups is 2. The molecule has 182 valence electrons. The molecule has 1 amide bonds. The van der Waals surface area contributed by atoms with Gasteiger partial charge in [-0.05, 0) is 52.3 Å². The number of carbonyl (C=O) groups excluding carboxylic acids is 2. The number of phenolic OH excluding ortho intramolecular Hbond substituents is 1. The molecule has 0 fully saturated rings. The van der Waals surface area contributed by atoms with E-state index in [1.807, 2.05) is 0 Å². The van der Waals surface area contributed by atoms with Crippen LogP contribution in [0.3, 0.4) is 0 Å². The summed E-state index contributed by atoms with van der Waals surface area (Å²) in [6.45, 7) is 0. The van der Waals surface area contributed by atoms with Gasteiger partial charge in [0.05, 0.1) is 43.1 Å². The van der Waals surface area contributed by atoms with Gasteiger partial charge in [0.25, 0.3) is 5.91 Å². The number of hydrogen-bond donors (Lipinski definition) is 2. The van der Waals surface area contributed by atoms with Gasteiger partial charge in [-0.25, -0.2) is 10.2 Å². The summed E-state index contributed by atoms with van der Waals surface area (Å²) in [6, 6.07) is 12.3. The van der Waals surface area contributed by atoms with Gasteiger partial charge in [-0.1, -0.05) is 28.1 Å². The predicted octanol–water partition coefficient (Wildman–Crippen LogP) is 4.93. The minimum atomic E-state index is -0.694. The van der Waals surface area contributed by atoms with Crippen LogP contribution in [0.25, 0.3) is 0 Å². The molecule has 0 unspecified atom stereocenters. The third kappa shape index (κ3) is 6.11. The Labute approximate surface area is 217 Å². The largest absolute Gasteiger partial charge is 0.507 e. The monoisotopic (exact) mass is 606 g/mol. The zero-order valence-corrected chi connectivity index (χ0v) is 22.0. The summed E-state index contributed by atoms with van der Waals surface area (Å²) in [5.74, 6) is -0.392. The second kappa shape index (κ2) is 11.7.